The second-order valence-electron chi connectivity index (χ2n) is 6.12. The molecule has 0 spiro atoms. The topological polar surface area (TPSA) is 38.7 Å². The highest BCUT2D eigenvalue weighted by Crippen LogP contribution is 2.19. The van der Waals surface area contributed by atoms with Crippen LogP contribution in [-0.2, 0) is 4.79 Å². The molecule has 0 aliphatic heterocycles. The molecule has 3 nitrogen and oxygen atoms in total. The number of ether oxygens (including phenoxy) is 1. The number of nitrogens with zero attached hydrogens (tertiary/aromatic N) is 1. The molecule has 1 atom stereocenters. The van der Waals surface area contributed by atoms with Crippen molar-refractivity contribution in [2.45, 2.75) is 52.9 Å². The van der Waals surface area contributed by atoms with Crippen LogP contribution in [-0.4, -0.2) is 12.7 Å². The van der Waals surface area contributed by atoms with Crippen LogP contribution in [0.3, 0.4) is 0 Å². The predicted molar refractivity (Wildman–Crippen MR) is 86.8 cm³/mol. The summed E-state index contributed by atoms with van der Waals surface area (Å²) in [7, 11) is 0. The van der Waals surface area contributed by atoms with E-state index in [2.05, 4.69) is 25.8 Å². The summed E-state index contributed by atoms with van der Waals surface area (Å²) in [5.41, 5.74) is 0.608. The molecule has 0 radical (unpaired) electrons. The van der Waals surface area contributed by atoms with E-state index in [1.54, 1.807) is 12.1 Å². The first-order chi connectivity index (χ1) is 10.1. The van der Waals surface area contributed by atoms with Crippen LogP contribution in [0.25, 0.3) is 0 Å². The molecule has 0 N–H and O–H groups in total. The van der Waals surface area contributed by atoms with Gasteiger partial charge in [0.1, 0.15) is 5.75 Å². The van der Waals surface area contributed by atoms with Crippen molar-refractivity contribution < 1.29 is 9.53 Å². The van der Waals surface area contributed by atoms with Crippen molar-refractivity contribution in [1.29, 1.82) is 0 Å². The van der Waals surface area contributed by atoms with Crippen LogP contribution >= 0.6 is 0 Å². The van der Waals surface area contributed by atoms with Gasteiger partial charge in [0.2, 0.25) is 6.08 Å². The van der Waals surface area contributed by atoms with Crippen LogP contribution in [0.5, 0.6) is 5.75 Å². The van der Waals surface area contributed by atoms with Crippen LogP contribution in [0.2, 0.25) is 0 Å². The van der Waals surface area contributed by atoms with Crippen molar-refractivity contribution in [1.82, 2.24) is 0 Å². The normalized spacial score (nSPS) is 12.0. The lowest BCUT2D eigenvalue weighted by atomic mass is 9.96. The van der Waals surface area contributed by atoms with Gasteiger partial charge in [-0.3, -0.25) is 0 Å². The minimum absolute atomic E-state index is 0.608. The number of hydrogen-bond donors (Lipinski definition) is 0. The summed E-state index contributed by atoms with van der Waals surface area (Å²) >= 11 is 0. The lowest BCUT2D eigenvalue weighted by Gasteiger charge is -2.12. The molecule has 116 valence electrons. The van der Waals surface area contributed by atoms with Gasteiger partial charge in [-0.2, -0.15) is 4.99 Å². The minimum atomic E-state index is 0.608. The van der Waals surface area contributed by atoms with E-state index in [4.69, 9.17) is 4.74 Å². The molecule has 1 aromatic carbocycles. The summed E-state index contributed by atoms with van der Waals surface area (Å²) in [4.78, 5) is 13.7. The van der Waals surface area contributed by atoms with Gasteiger partial charge in [-0.15, -0.1) is 0 Å². The Morgan fingerprint density at radius 1 is 1.05 bits per heavy atom. The number of aliphatic imine (C=N–C) groups is 1. The van der Waals surface area contributed by atoms with Gasteiger partial charge in [0.15, 0.2) is 0 Å². The maximum atomic E-state index is 10.1. The molecule has 21 heavy (non-hydrogen) atoms. The van der Waals surface area contributed by atoms with Crippen molar-refractivity contribution in [2.24, 2.45) is 16.8 Å². The fourth-order valence-electron chi connectivity index (χ4n) is 2.31. The molecular formula is C18H27NO2. The van der Waals surface area contributed by atoms with Gasteiger partial charge in [-0.25, -0.2) is 4.79 Å². The third-order valence-corrected chi connectivity index (χ3v) is 3.60. The average Bonchev–Trinajstić information content (AvgIpc) is 2.45. The van der Waals surface area contributed by atoms with E-state index < -0.39 is 0 Å². The molecule has 0 saturated carbocycles. The first kappa shape index (κ1) is 17.5. The Morgan fingerprint density at radius 3 is 2.33 bits per heavy atom. The maximum Gasteiger partial charge on any atom is 0.240 e. The number of rotatable bonds is 10. The van der Waals surface area contributed by atoms with Gasteiger partial charge in [0.25, 0.3) is 0 Å². The summed E-state index contributed by atoms with van der Waals surface area (Å²) in [6.45, 7) is 7.63. The second-order valence-corrected chi connectivity index (χ2v) is 6.12. The molecule has 0 aliphatic carbocycles. The number of hydrogen-bond acceptors (Lipinski definition) is 3. The van der Waals surface area contributed by atoms with Crippen LogP contribution in [0.15, 0.2) is 29.3 Å². The molecule has 0 aromatic heterocycles. The summed E-state index contributed by atoms with van der Waals surface area (Å²) in [5, 5.41) is 0. The molecule has 0 aliphatic rings. The molecular weight excluding hydrogens is 262 g/mol. The maximum absolute atomic E-state index is 10.1. The van der Waals surface area contributed by atoms with Crippen LogP contribution in [0, 0.1) is 11.8 Å². The van der Waals surface area contributed by atoms with Gasteiger partial charge < -0.3 is 4.74 Å². The highest BCUT2D eigenvalue weighted by Gasteiger charge is 2.03. The van der Waals surface area contributed by atoms with Crippen molar-refractivity contribution >= 4 is 11.8 Å². The Balaban J connectivity index is 2.14. The molecule has 0 heterocycles. The third-order valence-electron chi connectivity index (χ3n) is 3.60. The molecule has 0 bridgehead atoms. The molecule has 1 aromatic rings. The van der Waals surface area contributed by atoms with Crippen LogP contribution in [0.1, 0.15) is 52.9 Å². The van der Waals surface area contributed by atoms with Gasteiger partial charge >= 0.3 is 0 Å². The average molecular weight is 289 g/mol. The fraction of sp³-hybridized carbons (Fsp3) is 0.611. The first-order valence-corrected chi connectivity index (χ1v) is 7.92. The standard InChI is InChI=1S/C18H27NO2/c1-15(2)6-4-7-16(3)8-5-13-21-18-11-9-17(10-12-18)19-14-20/h9-12,15-16H,4-8,13H2,1-3H3/t16-/m0/s1. The van der Waals surface area contributed by atoms with E-state index in [0.29, 0.717) is 5.69 Å². The van der Waals surface area contributed by atoms with Gasteiger partial charge in [-0.1, -0.05) is 40.0 Å². The van der Waals surface area contributed by atoms with E-state index in [-0.39, 0.29) is 0 Å². The van der Waals surface area contributed by atoms with Crippen molar-refractivity contribution in [3.8, 4) is 5.75 Å². The van der Waals surface area contributed by atoms with Gasteiger partial charge in [0, 0.05) is 0 Å². The van der Waals surface area contributed by atoms with E-state index in [1.165, 1.54) is 31.8 Å². The fourth-order valence-corrected chi connectivity index (χ4v) is 2.31. The summed E-state index contributed by atoms with van der Waals surface area (Å²) in [6.07, 6.45) is 7.80. The zero-order valence-electron chi connectivity index (χ0n) is 13.5. The van der Waals surface area contributed by atoms with Crippen molar-refractivity contribution in [3.05, 3.63) is 24.3 Å². The lowest BCUT2D eigenvalue weighted by molar-refractivity contribution is 0.290. The smallest absolute Gasteiger partial charge is 0.240 e. The lowest BCUT2D eigenvalue weighted by Crippen LogP contribution is -2.02. The SMILES string of the molecule is CC(C)CCC[C@H](C)CCCOc1ccc(N=C=O)cc1. The number of isocyanates is 1. The summed E-state index contributed by atoms with van der Waals surface area (Å²) < 4.78 is 5.69. The largest absolute Gasteiger partial charge is 0.494 e. The monoisotopic (exact) mass is 289 g/mol. The quantitative estimate of drug-likeness (QED) is 0.334. The van der Waals surface area contributed by atoms with E-state index >= 15 is 0 Å². The van der Waals surface area contributed by atoms with Crippen LogP contribution in [0.4, 0.5) is 5.69 Å². The Hall–Kier alpha value is -1.60. The second kappa shape index (κ2) is 10.2. The Kier molecular flexibility index (Phi) is 8.45. The van der Waals surface area contributed by atoms with Gasteiger partial charge in [-0.05, 0) is 48.9 Å². The minimum Gasteiger partial charge on any atom is -0.494 e. The molecule has 3 heteroatoms. The zero-order chi connectivity index (χ0) is 15.5. The van der Waals surface area contributed by atoms with E-state index in [1.807, 2.05) is 12.1 Å². The first-order valence-electron chi connectivity index (χ1n) is 7.92. The summed E-state index contributed by atoms with van der Waals surface area (Å²) in [5.74, 6) is 2.41. The number of benzene rings is 1. The molecule has 0 fully saturated rings. The molecule has 0 unspecified atom stereocenters. The molecule has 1 rings (SSSR count). The van der Waals surface area contributed by atoms with Crippen LogP contribution < -0.4 is 4.74 Å². The van der Waals surface area contributed by atoms with E-state index in [0.717, 1.165) is 30.6 Å². The van der Waals surface area contributed by atoms with E-state index in [9.17, 15) is 4.79 Å². The molecule has 0 saturated heterocycles. The Labute approximate surface area is 128 Å². The van der Waals surface area contributed by atoms with Gasteiger partial charge in [0.05, 0.1) is 12.3 Å². The zero-order valence-corrected chi connectivity index (χ0v) is 13.5. The Morgan fingerprint density at radius 2 is 1.71 bits per heavy atom. The Bertz CT molecular complexity index is 433. The predicted octanol–water partition coefficient (Wildman–Crippen LogP) is 5.28. The summed E-state index contributed by atoms with van der Waals surface area (Å²) in [6, 6.07) is 7.19. The van der Waals surface area contributed by atoms with Crippen molar-refractivity contribution in [2.75, 3.05) is 6.61 Å². The number of carbonyl (C=O) groups excluding carboxylic acids is 1. The van der Waals surface area contributed by atoms with Crippen molar-refractivity contribution in [3.63, 3.8) is 0 Å². The molecule has 0 amide bonds. The third kappa shape index (κ3) is 8.31. The highest BCUT2D eigenvalue weighted by molar-refractivity contribution is 5.49. The highest BCUT2D eigenvalue weighted by atomic mass is 16.5.